The number of carbonyl (C=O) groups is 1. The quantitative estimate of drug-likeness (QED) is 0.377. The zero-order chi connectivity index (χ0) is 23.4. The summed E-state index contributed by atoms with van der Waals surface area (Å²) in [5.74, 6) is 1.99. The molecule has 8 nitrogen and oxygen atoms in total. The Balaban J connectivity index is 1.85. The molecular weight excluding hydrogens is 442 g/mol. The largest absolute Gasteiger partial charge is 0.497 e. The summed E-state index contributed by atoms with van der Waals surface area (Å²) in [6, 6.07) is 12.4. The normalized spacial score (nSPS) is 10.7. The molecule has 170 valence electrons. The van der Waals surface area contributed by atoms with Crippen LogP contribution in [0.5, 0.6) is 23.0 Å². The number of amides is 1. The molecule has 4 aromatic rings. The second kappa shape index (κ2) is 9.74. The number of fused-ring (bicyclic) bond motifs is 1. The van der Waals surface area contributed by atoms with Gasteiger partial charge in [0, 0.05) is 18.5 Å². The molecule has 0 saturated carbocycles. The Bertz CT molecular complexity index is 1240. The van der Waals surface area contributed by atoms with Crippen molar-refractivity contribution < 1.29 is 23.7 Å². The summed E-state index contributed by atoms with van der Waals surface area (Å²) >= 11 is 1.35. The van der Waals surface area contributed by atoms with E-state index in [0.717, 1.165) is 10.3 Å². The first-order valence-electron chi connectivity index (χ1n) is 10.0. The molecule has 33 heavy (non-hydrogen) atoms. The van der Waals surface area contributed by atoms with Crippen LogP contribution in [0.2, 0.25) is 0 Å². The lowest BCUT2D eigenvalue weighted by Gasteiger charge is -2.21. The van der Waals surface area contributed by atoms with Crippen LogP contribution >= 0.6 is 11.3 Å². The summed E-state index contributed by atoms with van der Waals surface area (Å²) in [6.45, 7) is 0.270. The van der Waals surface area contributed by atoms with Crippen molar-refractivity contribution in [3.05, 3.63) is 66.0 Å². The van der Waals surface area contributed by atoms with Crippen LogP contribution in [0.25, 0.3) is 10.2 Å². The van der Waals surface area contributed by atoms with Gasteiger partial charge in [-0.1, -0.05) is 17.4 Å². The lowest BCUT2D eigenvalue weighted by Crippen LogP contribution is -2.30. The van der Waals surface area contributed by atoms with E-state index < -0.39 is 0 Å². The Morgan fingerprint density at radius 1 is 0.939 bits per heavy atom. The Morgan fingerprint density at radius 2 is 1.70 bits per heavy atom. The third-order valence-corrected chi connectivity index (χ3v) is 6.17. The van der Waals surface area contributed by atoms with Crippen molar-refractivity contribution in [2.45, 2.75) is 6.54 Å². The number of anilines is 1. The van der Waals surface area contributed by atoms with Crippen molar-refractivity contribution in [2.75, 3.05) is 33.3 Å². The Morgan fingerprint density at radius 3 is 2.36 bits per heavy atom. The number of ether oxygens (including phenoxy) is 4. The highest BCUT2D eigenvalue weighted by atomic mass is 32.1. The van der Waals surface area contributed by atoms with E-state index in [0.29, 0.717) is 39.2 Å². The number of thiazole rings is 1. The summed E-state index contributed by atoms with van der Waals surface area (Å²) in [4.78, 5) is 24.3. The van der Waals surface area contributed by atoms with Gasteiger partial charge in [-0.15, -0.1) is 0 Å². The van der Waals surface area contributed by atoms with Crippen molar-refractivity contribution in [2.24, 2.45) is 0 Å². The summed E-state index contributed by atoms with van der Waals surface area (Å²) in [6.07, 6.45) is 3.41. The van der Waals surface area contributed by atoms with Gasteiger partial charge in [-0.3, -0.25) is 14.7 Å². The Labute approximate surface area is 195 Å². The van der Waals surface area contributed by atoms with Gasteiger partial charge in [0.1, 0.15) is 33.2 Å². The second-order valence-electron chi connectivity index (χ2n) is 6.96. The first-order valence-corrected chi connectivity index (χ1v) is 10.9. The molecule has 0 unspecified atom stereocenters. The molecule has 0 aliphatic rings. The highest BCUT2D eigenvalue weighted by Gasteiger charge is 2.26. The number of carbonyl (C=O) groups excluding carboxylic acids is 1. The van der Waals surface area contributed by atoms with Gasteiger partial charge in [-0.05, 0) is 35.9 Å². The van der Waals surface area contributed by atoms with Crippen LogP contribution in [-0.2, 0) is 6.54 Å². The van der Waals surface area contributed by atoms with Gasteiger partial charge in [0.05, 0.1) is 40.5 Å². The number of methoxy groups -OCH3 is 4. The third-order valence-electron chi connectivity index (χ3n) is 5.08. The molecule has 2 aromatic heterocycles. The average Bonchev–Trinajstić information content (AvgIpc) is 3.31. The number of benzene rings is 2. The van der Waals surface area contributed by atoms with Crippen LogP contribution in [0.3, 0.4) is 0 Å². The molecule has 0 spiro atoms. The molecule has 2 heterocycles. The van der Waals surface area contributed by atoms with Crippen LogP contribution < -0.4 is 23.8 Å². The molecule has 0 N–H and O–H groups in total. The molecule has 0 saturated heterocycles. The minimum absolute atomic E-state index is 0.268. The molecule has 0 atom stereocenters. The van der Waals surface area contributed by atoms with Gasteiger partial charge in [0.25, 0.3) is 5.91 Å². The van der Waals surface area contributed by atoms with Gasteiger partial charge >= 0.3 is 0 Å². The van der Waals surface area contributed by atoms with Crippen molar-refractivity contribution >= 4 is 32.6 Å². The van der Waals surface area contributed by atoms with Gasteiger partial charge in [0.2, 0.25) is 0 Å². The number of pyridine rings is 1. The van der Waals surface area contributed by atoms with E-state index in [4.69, 9.17) is 23.9 Å². The molecule has 0 bridgehead atoms. The Hall–Kier alpha value is -3.85. The number of hydrogen-bond donors (Lipinski definition) is 0. The van der Waals surface area contributed by atoms with Crippen LogP contribution in [-0.4, -0.2) is 44.3 Å². The summed E-state index contributed by atoms with van der Waals surface area (Å²) < 4.78 is 22.5. The van der Waals surface area contributed by atoms with Crippen LogP contribution in [0.4, 0.5) is 5.13 Å². The van der Waals surface area contributed by atoms with E-state index in [1.54, 1.807) is 62.9 Å². The maximum absolute atomic E-state index is 13.8. The molecule has 0 aliphatic heterocycles. The molecule has 4 rings (SSSR count). The lowest BCUT2D eigenvalue weighted by molar-refractivity contribution is 0.0982. The van der Waals surface area contributed by atoms with Crippen LogP contribution in [0.1, 0.15) is 15.9 Å². The number of hydrogen-bond acceptors (Lipinski definition) is 8. The highest BCUT2D eigenvalue weighted by Crippen LogP contribution is 2.41. The SMILES string of the molecule is COc1ccc(C(=O)N(Cc2cccnc2)c2nc3c(OC)ccc(OC)c3s2)c(OC)c1. The van der Waals surface area contributed by atoms with Gasteiger partial charge in [-0.25, -0.2) is 4.98 Å². The number of nitrogens with zero attached hydrogens (tertiary/aromatic N) is 3. The summed E-state index contributed by atoms with van der Waals surface area (Å²) in [5.41, 5.74) is 1.87. The fourth-order valence-electron chi connectivity index (χ4n) is 3.41. The second-order valence-corrected chi connectivity index (χ2v) is 7.94. The van der Waals surface area contributed by atoms with E-state index in [1.807, 2.05) is 18.2 Å². The van der Waals surface area contributed by atoms with Crippen molar-refractivity contribution in [3.8, 4) is 23.0 Å². The predicted molar refractivity (Wildman–Crippen MR) is 127 cm³/mol. The topological polar surface area (TPSA) is 83.0 Å². The first-order chi connectivity index (χ1) is 16.1. The first kappa shape index (κ1) is 22.3. The van der Waals surface area contributed by atoms with E-state index in [9.17, 15) is 4.79 Å². The van der Waals surface area contributed by atoms with Crippen LogP contribution in [0, 0.1) is 0 Å². The predicted octanol–water partition coefficient (Wildman–Crippen LogP) is 4.57. The third kappa shape index (κ3) is 4.40. The number of rotatable bonds is 8. The highest BCUT2D eigenvalue weighted by molar-refractivity contribution is 7.22. The lowest BCUT2D eigenvalue weighted by atomic mass is 10.1. The van der Waals surface area contributed by atoms with Gasteiger partial charge in [0.15, 0.2) is 5.13 Å². The van der Waals surface area contributed by atoms with E-state index in [-0.39, 0.29) is 12.5 Å². The fourth-order valence-corrected chi connectivity index (χ4v) is 4.48. The average molecular weight is 466 g/mol. The fraction of sp³-hybridized carbons (Fsp3) is 0.208. The van der Waals surface area contributed by atoms with E-state index in [1.165, 1.54) is 18.4 Å². The molecule has 0 aliphatic carbocycles. The monoisotopic (exact) mass is 465 g/mol. The molecule has 2 aromatic carbocycles. The maximum Gasteiger partial charge on any atom is 0.264 e. The van der Waals surface area contributed by atoms with Gasteiger partial charge in [-0.2, -0.15) is 0 Å². The zero-order valence-electron chi connectivity index (χ0n) is 18.7. The summed E-state index contributed by atoms with van der Waals surface area (Å²) in [7, 11) is 6.26. The minimum atomic E-state index is -0.268. The molecule has 0 fully saturated rings. The van der Waals surface area contributed by atoms with Crippen molar-refractivity contribution in [3.63, 3.8) is 0 Å². The smallest absolute Gasteiger partial charge is 0.264 e. The maximum atomic E-state index is 13.8. The van der Waals surface area contributed by atoms with Crippen molar-refractivity contribution in [1.29, 1.82) is 0 Å². The zero-order valence-corrected chi connectivity index (χ0v) is 19.5. The van der Waals surface area contributed by atoms with Crippen LogP contribution in [0.15, 0.2) is 54.9 Å². The molecule has 1 amide bonds. The summed E-state index contributed by atoms with van der Waals surface area (Å²) in [5, 5.41) is 0.500. The number of aromatic nitrogens is 2. The van der Waals surface area contributed by atoms with E-state index >= 15 is 0 Å². The molecule has 9 heteroatoms. The van der Waals surface area contributed by atoms with Crippen molar-refractivity contribution in [1.82, 2.24) is 9.97 Å². The minimum Gasteiger partial charge on any atom is -0.497 e. The molecular formula is C24H23N3O5S. The standard InChI is InChI=1S/C24H23N3O5S/c1-29-16-7-8-17(20(12-16)32-4)23(28)27(14-15-6-5-11-25-13-15)24-26-21-18(30-2)9-10-19(31-3)22(21)33-24/h5-13H,14H2,1-4H3. The molecule has 0 radical (unpaired) electrons. The van der Waals surface area contributed by atoms with Gasteiger partial charge < -0.3 is 18.9 Å². The Kier molecular flexibility index (Phi) is 6.60. The van der Waals surface area contributed by atoms with E-state index in [2.05, 4.69) is 4.98 Å².